The van der Waals surface area contributed by atoms with Crippen LogP contribution in [0.1, 0.15) is 55.4 Å². The van der Waals surface area contributed by atoms with E-state index in [0.717, 1.165) is 0 Å². The molecule has 0 atom stereocenters. The largest absolute Gasteiger partial charge is 0.345 e. The van der Waals surface area contributed by atoms with E-state index >= 15 is 0 Å². The van der Waals surface area contributed by atoms with Gasteiger partial charge in [-0.25, -0.2) is 0 Å². The lowest BCUT2D eigenvalue weighted by Crippen LogP contribution is -2.08. The molecule has 4 aromatic rings. The van der Waals surface area contributed by atoms with E-state index in [4.69, 9.17) is 0 Å². The quantitative estimate of drug-likeness (QED) is 0.305. The highest BCUT2D eigenvalue weighted by molar-refractivity contribution is 5.82. The Morgan fingerprint density at radius 3 is 0.812 bits per heavy atom. The van der Waals surface area contributed by atoms with E-state index in [-0.39, 0.29) is 0 Å². The first-order valence-electron chi connectivity index (χ1n) is 12.1. The molecule has 0 N–H and O–H groups in total. The van der Waals surface area contributed by atoms with Gasteiger partial charge in [-0.15, -0.1) is 0 Å². The van der Waals surface area contributed by atoms with Gasteiger partial charge < -0.3 is 4.90 Å². The predicted octanol–water partition coefficient (Wildman–Crippen LogP) is 10.4. The van der Waals surface area contributed by atoms with Crippen LogP contribution in [-0.2, 0) is 0 Å². The van der Waals surface area contributed by atoms with Crippen molar-refractivity contribution in [2.75, 3.05) is 11.9 Å². The van der Waals surface area contributed by atoms with Crippen LogP contribution in [0, 0.1) is 0 Å². The fourth-order valence-corrected chi connectivity index (χ4v) is 2.59. The minimum atomic E-state index is 1.21. The number of anilines is 2. The van der Waals surface area contributed by atoms with Gasteiger partial charge in [0.05, 0.1) is 0 Å². The normalized spacial score (nSPS) is 8.16. The number of hydrogen-bond acceptors (Lipinski definition) is 1. The van der Waals surface area contributed by atoms with E-state index in [1.807, 2.05) is 67.5 Å². The second-order valence-corrected chi connectivity index (χ2v) is 5.58. The lowest BCUT2D eigenvalue weighted by molar-refractivity contribution is 1.21. The van der Waals surface area contributed by atoms with Gasteiger partial charge in [0.25, 0.3) is 0 Å². The molecular formula is C31H45N. The molecule has 0 amide bonds. The molecule has 0 fully saturated rings. The summed E-state index contributed by atoms with van der Waals surface area (Å²) in [6.45, 7) is 16.0. The Bertz CT molecular complexity index is 765. The van der Waals surface area contributed by atoms with Gasteiger partial charge in [0.15, 0.2) is 0 Å². The lowest BCUT2D eigenvalue weighted by Gasteiger charge is -2.18. The van der Waals surface area contributed by atoms with Crippen molar-refractivity contribution in [1.29, 1.82) is 0 Å². The van der Waals surface area contributed by atoms with Gasteiger partial charge in [0.1, 0.15) is 0 Å². The molecule has 1 heteroatoms. The van der Waals surface area contributed by atoms with Gasteiger partial charge in [0.2, 0.25) is 0 Å². The number of nitrogens with zero attached hydrogens (tertiary/aromatic N) is 1. The second-order valence-electron chi connectivity index (χ2n) is 5.58. The topological polar surface area (TPSA) is 3.24 Å². The molecule has 4 aromatic carbocycles. The Hall–Kier alpha value is -3.06. The van der Waals surface area contributed by atoms with Crippen LogP contribution in [0.3, 0.4) is 0 Å². The van der Waals surface area contributed by atoms with E-state index in [1.165, 1.54) is 22.1 Å². The summed E-state index contributed by atoms with van der Waals surface area (Å²) < 4.78 is 0. The number of fused-ring (bicyclic) bond motifs is 1. The minimum absolute atomic E-state index is 1.21. The van der Waals surface area contributed by atoms with Gasteiger partial charge >= 0.3 is 0 Å². The van der Waals surface area contributed by atoms with E-state index < -0.39 is 0 Å². The van der Waals surface area contributed by atoms with Crippen molar-refractivity contribution in [1.82, 2.24) is 0 Å². The average Bonchev–Trinajstić information content (AvgIpc) is 2.94. The summed E-state index contributed by atoms with van der Waals surface area (Å²) in [5.41, 5.74) is 2.41. The molecule has 0 saturated carbocycles. The fourth-order valence-electron chi connectivity index (χ4n) is 2.59. The maximum Gasteiger partial charge on any atom is 0.0408 e. The molecule has 0 unspecified atom stereocenters. The highest BCUT2D eigenvalue weighted by Gasteiger charge is 2.00. The number of benzene rings is 4. The second kappa shape index (κ2) is 22.6. The van der Waals surface area contributed by atoms with E-state index in [1.54, 1.807) is 0 Å². The van der Waals surface area contributed by atoms with Crippen LogP contribution in [0.5, 0.6) is 0 Å². The SMILES string of the molecule is CC.CC.CC.CC.CN(c1ccccc1)c1ccccc1.c1ccc2ccccc2c1. The molecule has 1 nitrogen and oxygen atoms in total. The number of para-hydroxylation sites is 2. The summed E-state index contributed by atoms with van der Waals surface area (Å²) in [5.74, 6) is 0. The fraction of sp³-hybridized carbons (Fsp3) is 0.290. The van der Waals surface area contributed by atoms with Crippen LogP contribution >= 0.6 is 0 Å². The monoisotopic (exact) mass is 431 g/mol. The van der Waals surface area contributed by atoms with Gasteiger partial charge in [0, 0.05) is 18.4 Å². The standard InChI is InChI=1S/C13H13N.C10H8.4C2H6/c1-14(12-8-4-2-5-9-12)13-10-6-3-7-11-13;1-2-6-10-8-4-3-7-9(10)5-1;4*1-2/h2-11H,1H3;1-8H;4*1-2H3. The molecule has 174 valence electrons. The zero-order chi connectivity index (χ0) is 24.6. The molecule has 0 aliphatic carbocycles. The molecule has 0 saturated heterocycles. The third-order valence-corrected chi connectivity index (χ3v) is 3.95. The average molecular weight is 432 g/mol. The first-order valence-corrected chi connectivity index (χ1v) is 12.1. The van der Waals surface area contributed by atoms with Gasteiger partial charge in [-0.3, -0.25) is 0 Å². The Morgan fingerprint density at radius 2 is 0.562 bits per heavy atom. The van der Waals surface area contributed by atoms with E-state index in [9.17, 15) is 0 Å². The molecule has 0 radical (unpaired) electrons. The smallest absolute Gasteiger partial charge is 0.0408 e. The van der Waals surface area contributed by atoms with Gasteiger partial charge in [-0.1, -0.05) is 140 Å². The maximum absolute atomic E-state index is 2.17. The zero-order valence-corrected chi connectivity index (χ0v) is 21.8. The molecule has 4 rings (SSSR count). The first kappa shape index (κ1) is 31.1. The third-order valence-electron chi connectivity index (χ3n) is 3.95. The van der Waals surface area contributed by atoms with Crippen LogP contribution in [0.2, 0.25) is 0 Å². The maximum atomic E-state index is 2.17. The van der Waals surface area contributed by atoms with Crippen molar-refractivity contribution in [2.24, 2.45) is 0 Å². The minimum Gasteiger partial charge on any atom is -0.345 e. The van der Waals surface area contributed by atoms with Crippen molar-refractivity contribution < 1.29 is 0 Å². The zero-order valence-electron chi connectivity index (χ0n) is 21.8. The summed E-state index contributed by atoms with van der Waals surface area (Å²) in [6.07, 6.45) is 0. The third kappa shape index (κ3) is 12.0. The predicted molar refractivity (Wildman–Crippen MR) is 150 cm³/mol. The summed E-state index contributed by atoms with van der Waals surface area (Å²) in [4.78, 5) is 2.17. The van der Waals surface area contributed by atoms with Crippen LogP contribution in [0.4, 0.5) is 11.4 Å². The molecule has 0 heterocycles. The van der Waals surface area contributed by atoms with Crippen molar-refractivity contribution in [3.63, 3.8) is 0 Å². The van der Waals surface area contributed by atoms with Crippen LogP contribution in [-0.4, -0.2) is 7.05 Å². The summed E-state index contributed by atoms with van der Waals surface area (Å²) in [6, 6.07) is 37.4. The van der Waals surface area contributed by atoms with Crippen LogP contribution < -0.4 is 4.90 Å². The van der Waals surface area contributed by atoms with E-state index in [0.29, 0.717) is 0 Å². The molecular weight excluding hydrogens is 386 g/mol. The number of rotatable bonds is 2. The van der Waals surface area contributed by atoms with E-state index in [2.05, 4.69) is 109 Å². The van der Waals surface area contributed by atoms with Crippen molar-refractivity contribution in [2.45, 2.75) is 55.4 Å². The summed E-state index contributed by atoms with van der Waals surface area (Å²) >= 11 is 0. The Kier molecular flexibility index (Phi) is 22.0. The van der Waals surface area contributed by atoms with Gasteiger partial charge in [-0.05, 0) is 35.0 Å². The van der Waals surface area contributed by atoms with Gasteiger partial charge in [-0.2, -0.15) is 0 Å². The highest BCUT2D eigenvalue weighted by atomic mass is 15.1. The van der Waals surface area contributed by atoms with Crippen LogP contribution in [0.25, 0.3) is 10.8 Å². The Balaban J connectivity index is 0. The Morgan fingerprint density at radius 1 is 0.344 bits per heavy atom. The summed E-state index contributed by atoms with van der Waals surface area (Å²) in [5, 5.41) is 2.62. The molecule has 0 aliphatic heterocycles. The summed E-state index contributed by atoms with van der Waals surface area (Å²) in [7, 11) is 2.07. The highest BCUT2D eigenvalue weighted by Crippen LogP contribution is 2.21. The van der Waals surface area contributed by atoms with Crippen LogP contribution in [0.15, 0.2) is 109 Å². The first-order chi connectivity index (χ1) is 15.8. The lowest BCUT2D eigenvalue weighted by atomic mass is 10.1. The molecule has 0 aliphatic rings. The number of hydrogen-bond donors (Lipinski definition) is 0. The molecule has 0 aromatic heterocycles. The Labute approximate surface area is 198 Å². The molecule has 0 bridgehead atoms. The molecule has 0 spiro atoms. The van der Waals surface area contributed by atoms with Crippen molar-refractivity contribution in [3.05, 3.63) is 109 Å². The van der Waals surface area contributed by atoms with Crippen molar-refractivity contribution in [3.8, 4) is 0 Å². The van der Waals surface area contributed by atoms with Crippen molar-refractivity contribution >= 4 is 22.1 Å². The molecule has 32 heavy (non-hydrogen) atoms.